The number of hydrogen-bond donors (Lipinski definition) is 0. The van der Waals surface area contributed by atoms with Gasteiger partial charge in [-0.15, -0.1) is 0 Å². The van der Waals surface area contributed by atoms with Crippen LogP contribution in [0.5, 0.6) is 0 Å². The number of aromatic nitrogens is 3. The van der Waals surface area contributed by atoms with E-state index in [0.717, 1.165) is 22.2 Å². The lowest BCUT2D eigenvalue weighted by molar-refractivity contribution is 0.832. The Bertz CT molecular complexity index is 652. The van der Waals surface area contributed by atoms with Gasteiger partial charge in [-0.3, -0.25) is 4.40 Å². The Hall–Kier alpha value is -1.90. The van der Waals surface area contributed by atoms with Gasteiger partial charge < -0.3 is 0 Å². The van der Waals surface area contributed by atoms with Gasteiger partial charge in [-0.1, -0.05) is 26.0 Å². The molecule has 0 unspecified atom stereocenters. The summed E-state index contributed by atoms with van der Waals surface area (Å²) < 4.78 is 2.11. The Labute approximate surface area is 93.8 Å². The Morgan fingerprint density at radius 1 is 1.12 bits per heavy atom. The van der Waals surface area contributed by atoms with Crippen molar-refractivity contribution in [2.75, 3.05) is 0 Å². The first-order valence-corrected chi connectivity index (χ1v) is 5.48. The average molecular weight is 211 g/mol. The number of benzene rings is 1. The summed E-state index contributed by atoms with van der Waals surface area (Å²) in [5, 5.41) is 0. The van der Waals surface area contributed by atoms with Crippen molar-refractivity contribution in [2.45, 2.75) is 19.8 Å². The van der Waals surface area contributed by atoms with Gasteiger partial charge in [0.15, 0.2) is 0 Å². The molecule has 0 bridgehead atoms. The molecule has 1 aromatic carbocycles. The zero-order chi connectivity index (χ0) is 11.1. The quantitative estimate of drug-likeness (QED) is 0.619. The number of rotatable bonds is 1. The standard InChI is InChI=1S/C13H13N3/c1-9(2)13-12-7-14-8-16(12)11-6-4-3-5-10(11)15-13/h3-9H,1-2H3. The highest BCUT2D eigenvalue weighted by molar-refractivity contribution is 5.79. The first-order valence-electron chi connectivity index (χ1n) is 5.48. The maximum Gasteiger partial charge on any atom is 0.0998 e. The molecule has 0 aliphatic rings. The Kier molecular flexibility index (Phi) is 1.93. The van der Waals surface area contributed by atoms with Gasteiger partial charge in [-0.2, -0.15) is 0 Å². The van der Waals surface area contributed by atoms with Crippen LogP contribution in [0.2, 0.25) is 0 Å². The SMILES string of the molecule is CC(C)c1nc2ccccc2n2cncc12. The fourth-order valence-electron chi connectivity index (χ4n) is 2.05. The second-order valence-electron chi connectivity index (χ2n) is 4.29. The molecule has 0 fully saturated rings. The van der Waals surface area contributed by atoms with Crippen molar-refractivity contribution in [3.63, 3.8) is 0 Å². The number of nitrogens with zero attached hydrogens (tertiary/aromatic N) is 3. The van der Waals surface area contributed by atoms with E-state index in [1.165, 1.54) is 0 Å². The summed E-state index contributed by atoms with van der Waals surface area (Å²) in [5.41, 5.74) is 4.35. The number of fused-ring (bicyclic) bond motifs is 3. The molecule has 3 rings (SSSR count). The van der Waals surface area contributed by atoms with E-state index in [-0.39, 0.29) is 0 Å². The maximum atomic E-state index is 4.71. The zero-order valence-corrected chi connectivity index (χ0v) is 9.38. The molecule has 0 amide bonds. The largest absolute Gasteiger partial charge is 0.295 e. The second-order valence-corrected chi connectivity index (χ2v) is 4.29. The van der Waals surface area contributed by atoms with Gasteiger partial charge in [0.1, 0.15) is 0 Å². The van der Waals surface area contributed by atoms with Gasteiger partial charge in [-0.05, 0) is 18.1 Å². The lowest BCUT2D eigenvalue weighted by atomic mass is 10.1. The predicted molar refractivity (Wildman–Crippen MR) is 64.6 cm³/mol. The number of hydrogen-bond acceptors (Lipinski definition) is 2. The fraction of sp³-hybridized carbons (Fsp3) is 0.231. The third-order valence-corrected chi connectivity index (χ3v) is 2.83. The van der Waals surface area contributed by atoms with Gasteiger partial charge in [0.05, 0.1) is 34.8 Å². The second kappa shape index (κ2) is 3.30. The first-order chi connectivity index (χ1) is 7.77. The lowest BCUT2D eigenvalue weighted by Crippen LogP contribution is -1.99. The summed E-state index contributed by atoms with van der Waals surface area (Å²) in [6.45, 7) is 4.31. The van der Waals surface area contributed by atoms with Gasteiger partial charge >= 0.3 is 0 Å². The summed E-state index contributed by atoms with van der Waals surface area (Å²) in [6.07, 6.45) is 3.74. The highest BCUT2D eigenvalue weighted by Gasteiger charge is 2.10. The fourth-order valence-corrected chi connectivity index (χ4v) is 2.05. The molecule has 0 saturated heterocycles. The van der Waals surface area contributed by atoms with E-state index < -0.39 is 0 Å². The van der Waals surface area contributed by atoms with Crippen molar-refractivity contribution in [1.29, 1.82) is 0 Å². The van der Waals surface area contributed by atoms with E-state index in [0.29, 0.717) is 5.92 Å². The van der Waals surface area contributed by atoms with Crippen LogP contribution >= 0.6 is 0 Å². The van der Waals surface area contributed by atoms with Crippen LogP contribution in [0, 0.1) is 0 Å². The minimum atomic E-state index is 0.406. The van der Waals surface area contributed by atoms with Crippen LogP contribution in [0.15, 0.2) is 36.8 Å². The number of imidazole rings is 1. The molecule has 0 saturated carbocycles. The van der Waals surface area contributed by atoms with Gasteiger partial charge in [0, 0.05) is 0 Å². The average Bonchev–Trinajstić information content (AvgIpc) is 2.76. The van der Waals surface area contributed by atoms with E-state index in [9.17, 15) is 0 Å². The third kappa shape index (κ3) is 1.21. The Morgan fingerprint density at radius 2 is 1.94 bits per heavy atom. The molecule has 0 aliphatic carbocycles. The van der Waals surface area contributed by atoms with Crippen LogP contribution in [0.25, 0.3) is 16.6 Å². The molecule has 2 heterocycles. The van der Waals surface area contributed by atoms with Crippen LogP contribution < -0.4 is 0 Å². The molecular formula is C13H13N3. The van der Waals surface area contributed by atoms with E-state index in [2.05, 4.69) is 29.3 Å². The molecule has 0 N–H and O–H groups in total. The topological polar surface area (TPSA) is 30.2 Å². The molecule has 80 valence electrons. The summed E-state index contributed by atoms with van der Waals surface area (Å²) >= 11 is 0. The normalized spacial score (nSPS) is 11.7. The minimum Gasteiger partial charge on any atom is -0.295 e. The summed E-state index contributed by atoms with van der Waals surface area (Å²) in [6, 6.07) is 8.16. The van der Waals surface area contributed by atoms with Crippen molar-refractivity contribution in [1.82, 2.24) is 14.4 Å². The van der Waals surface area contributed by atoms with Crippen molar-refractivity contribution < 1.29 is 0 Å². The molecule has 3 aromatic rings. The van der Waals surface area contributed by atoms with Gasteiger partial charge in [0.2, 0.25) is 0 Å². The monoisotopic (exact) mass is 211 g/mol. The third-order valence-electron chi connectivity index (χ3n) is 2.83. The van der Waals surface area contributed by atoms with E-state index >= 15 is 0 Å². The lowest BCUT2D eigenvalue weighted by Gasteiger charge is -2.09. The molecule has 0 aliphatic heterocycles. The molecule has 3 heteroatoms. The highest BCUT2D eigenvalue weighted by Crippen LogP contribution is 2.22. The van der Waals surface area contributed by atoms with Crippen molar-refractivity contribution in [3.05, 3.63) is 42.5 Å². The van der Waals surface area contributed by atoms with E-state index in [1.54, 1.807) is 0 Å². The molecule has 0 atom stereocenters. The first kappa shape index (κ1) is 9.33. The molecule has 3 nitrogen and oxygen atoms in total. The van der Waals surface area contributed by atoms with Gasteiger partial charge in [-0.25, -0.2) is 9.97 Å². The van der Waals surface area contributed by atoms with Crippen LogP contribution in [0.1, 0.15) is 25.5 Å². The molecule has 0 radical (unpaired) electrons. The summed E-state index contributed by atoms with van der Waals surface area (Å²) in [4.78, 5) is 8.93. The molecular weight excluding hydrogens is 198 g/mol. The van der Waals surface area contributed by atoms with Crippen LogP contribution in [-0.2, 0) is 0 Å². The smallest absolute Gasteiger partial charge is 0.0998 e. The van der Waals surface area contributed by atoms with Crippen LogP contribution in [0.3, 0.4) is 0 Å². The van der Waals surface area contributed by atoms with E-state index in [4.69, 9.17) is 4.98 Å². The Morgan fingerprint density at radius 3 is 2.75 bits per heavy atom. The highest BCUT2D eigenvalue weighted by atomic mass is 15.0. The zero-order valence-electron chi connectivity index (χ0n) is 9.38. The van der Waals surface area contributed by atoms with E-state index in [1.807, 2.05) is 30.7 Å². The van der Waals surface area contributed by atoms with Crippen molar-refractivity contribution in [2.24, 2.45) is 0 Å². The minimum absolute atomic E-state index is 0.406. The molecule has 16 heavy (non-hydrogen) atoms. The van der Waals surface area contributed by atoms with Gasteiger partial charge in [0.25, 0.3) is 0 Å². The van der Waals surface area contributed by atoms with Crippen LogP contribution in [-0.4, -0.2) is 14.4 Å². The number of para-hydroxylation sites is 2. The molecule has 2 aromatic heterocycles. The predicted octanol–water partition coefficient (Wildman–Crippen LogP) is 3.01. The Balaban J connectivity index is 2.53. The summed E-state index contributed by atoms with van der Waals surface area (Å²) in [7, 11) is 0. The molecule has 0 spiro atoms. The van der Waals surface area contributed by atoms with Crippen LogP contribution in [0.4, 0.5) is 0 Å². The van der Waals surface area contributed by atoms with Crippen molar-refractivity contribution in [3.8, 4) is 0 Å². The van der Waals surface area contributed by atoms with Crippen molar-refractivity contribution >= 4 is 16.6 Å². The maximum absolute atomic E-state index is 4.71. The summed E-state index contributed by atoms with van der Waals surface area (Å²) in [5.74, 6) is 0.406.